The van der Waals surface area contributed by atoms with Crippen molar-refractivity contribution in [1.82, 2.24) is 0 Å². The topological polar surface area (TPSA) is 26.3 Å². The van der Waals surface area contributed by atoms with E-state index in [2.05, 4.69) is 101 Å². The molecule has 0 aromatic rings. The van der Waals surface area contributed by atoms with Gasteiger partial charge >= 0.3 is 5.97 Å². The number of rotatable bonds is 18. The number of allylic oxidation sites excluding steroid dienone is 12. The predicted molar refractivity (Wildman–Crippen MR) is 169 cm³/mol. The first kappa shape index (κ1) is 35.3. The average Bonchev–Trinajstić information content (AvgIpc) is 2.81. The smallest absolute Gasteiger partial charge is 0.316 e. The summed E-state index contributed by atoms with van der Waals surface area (Å²) in [6.07, 6.45) is 23.8. The summed E-state index contributed by atoms with van der Waals surface area (Å²) in [5, 5.41) is -0.606. The second-order valence-electron chi connectivity index (χ2n) is 11.2. The summed E-state index contributed by atoms with van der Waals surface area (Å²) in [5.41, 5.74) is 8.35. The second kappa shape index (κ2) is 20.3. The Morgan fingerprint density at radius 3 is 1.24 bits per heavy atom. The molecule has 0 radical (unpaired) electrons. The number of carbonyl (C=O) groups excluding carboxylic acids is 1. The average molecular weight is 529 g/mol. The van der Waals surface area contributed by atoms with Gasteiger partial charge in [-0.1, -0.05) is 69.9 Å². The molecule has 0 aliphatic rings. The quantitative estimate of drug-likeness (QED) is 0.100. The lowest BCUT2D eigenvalue weighted by atomic mass is 9.95. The molecule has 0 aromatic heterocycles. The summed E-state index contributed by atoms with van der Waals surface area (Å²) in [6, 6.07) is 0. The van der Waals surface area contributed by atoms with Gasteiger partial charge in [-0.05, 0) is 127 Å². The Balaban J connectivity index is 4.97. The Bertz CT molecular complexity index is 796. The van der Waals surface area contributed by atoms with Crippen molar-refractivity contribution >= 4 is 15.2 Å². The molecule has 2 nitrogen and oxygen atoms in total. The summed E-state index contributed by atoms with van der Waals surface area (Å²) in [7, 11) is 2.82. The zero-order valence-electron chi connectivity index (χ0n) is 25.6. The van der Waals surface area contributed by atoms with Gasteiger partial charge in [-0.3, -0.25) is 4.79 Å². The first-order chi connectivity index (χ1) is 17.4. The maximum atomic E-state index is 12.9. The highest BCUT2D eigenvalue weighted by Crippen LogP contribution is 2.32. The van der Waals surface area contributed by atoms with Crippen molar-refractivity contribution in [2.45, 2.75) is 132 Å². The summed E-state index contributed by atoms with van der Waals surface area (Å²) in [5.74, 6) is -0.127. The summed E-state index contributed by atoms with van der Waals surface area (Å²) in [4.78, 5) is 12.9. The van der Waals surface area contributed by atoms with Crippen LogP contribution in [0, 0.1) is 0 Å². The van der Waals surface area contributed by atoms with Gasteiger partial charge in [-0.25, -0.2) is 0 Å². The zero-order chi connectivity index (χ0) is 28.3. The van der Waals surface area contributed by atoms with Gasteiger partial charge in [0.25, 0.3) is 0 Å². The van der Waals surface area contributed by atoms with E-state index in [1.165, 1.54) is 33.4 Å². The Hall–Kier alpha value is -1.66. The minimum absolute atomic E-state index is 0.127. The maximum absolute atomic E-state index is 12.9. The molecule has 1 atom stereocenters. The molecule has 0 saturated carbocycles. The van der Waals surface area contributed by atoms with E-state index in [1.54, 1.807) is 0 Å². The van der Waals surface area contributed by atoms with E-state index in [-0.39, 0.29) is 5.97 Å². The minimum atomic E-state index is -0.606. The van der Waals surface area contributed by atoms with Crippen molar-refractivity contribution in [2.24, 2.45) is 0 Å². The van der Waals surface area contributed by atoms with E-state index in [9.17, 15) is 4.79 Å². The third kappa shape index (κ3) is 19.1. The lowest BCUT2D eigenvalue weighted by molar-refractivity contribution is -0.146. The van der Waals surface area contributed by atoms with Crippen LogP contribution < -0.4 is 0 Å². The normalized spacial score (nSPS) is 13.5. The van der Waals surface area contributed by atoms with Crippen molar-refractivity contribution in [3.8, 4) is 0 Å². The van der Waals surface area contributed by atoms with Crippen LogP contribution in [0.2, 0.25) is 0 Å². The predicted octanol–water partition coefficient (Wildman–Crippen LogP) is 10.8. The van der Waals surface area contributed by atoms with Gasteiger partial charge in [0, 0.05) is 0 Å². The highest BCUT2D eigenvalue weighted by molar-refractivity contribution is 7.21. The minimum Gasteiger partial charge on any atom is -0.465 e. The Morgan fingerprint density at radius 2 is 0.919 bits per heavy atom. The summed E-state index contributed by atoms with van der Waals surface area (Å²) >= 11 is 0. The molecule has 0 aromatic carbocycles. The molecule has 0 aliphatic heterocycles. The van der Waals surface area contributed by atoms with Gasteiger partial charge in [0.1, 0.15) is 0 Å². The standard InChI is InChI=1S/C34H57O2P/c1-10-36-33(35)34(37,25-23-31(8)21-13-19-29(6)17-11-15-27(2)3)26-24-32(9)22-14-20-30(7)18-12-16-28(4)5/h15-16,19-20,23-24H,10-14,17-18,21-22,25-26,37H2,1-9H3/b29-19+,30-20+,31-23+,32-24+. The molecule has 0 N–H and O–H groups in total. The first-order valence-corrected chi connectivity index (χ1v) is 14.8. The van der Waals surface area contributed by atoms with Crippen LogP contribution in [0.4, 0.5) is 0 Å². The lowest BCUT2D eigenvalue weighted by Gasteiger charge is -2.25. The number of ether oxygens (including phenoxy) is 1. The SMILES string of the molecule is CCOC(=O)C(P)(C/C=C(\C)CC/C=C(\C)CCC=C(C)C)C/C=C(\C)CC/C=C(\C)CCC=C(C)C. The van der Waals surface area contributed by atoms with Gasteiger partial charge in [-0.15, -0.1) is 9.24 Å². The Kier molecular flexibility index (Phi) is 19.4. The van der Waals surface area contributed by atoms with Gasteiger partial charge < -0.3 is 4.74 Å². The molecule has 0 heterocycles. The molecule has 0 fully saturated rings. The molecule has 0 saturated heterocycles. The molecule has 0 spiro atoms. The molecule has 3 heteroatoms. The van der Waals surface area contributed by atoms with E-state index in [0.717, 1.165) is 51.4 Å². The summed E-state index contributed by atoms with van der Waals surface area (Å²) < 4.78 is 5.46. The second-order valence-corrected chi connectivity index (χ2v) is 12.3. The van der Waals surface area contributed by atoms with Crippen molar-refractivity contribution in [3.05, 3.63) is 69.9 Å². The van der Waals surface area contributed by atoms with E-state index >= 15 is 0 Å². The van der Waals surface area contributed by atoms with E-state index in [0.29, 0.717) is 19.4 Å². The highest BCUT2D eigenvalue weighted by atomic mass is 31.0. The van der Waals surface area contributed by atoms with Crippen LogP contribution in [0.3, 0.4) is 0 Å². The Labute approximate surface area is 232 Å². The van der Waals surface area contributed by atoms with Gasteiger partial charge in [0.2, 0.25) is 0 Å². The fourth-order valence-corrected chi connectivity index (χ4v) is 4.23. The molecule has 0 rings (SSSR count). The molecule has 0 bridgehead atoms. The fourth-order valence-electron chi connectivity index (χ4n) is 3.92. The van der Waals surface area contributed by atoms with E-state index in [1.807, 2.05) is 6.92 Å². The molecular weight excluding hydrogens is 471 g/mol. The molecular formula is C34H57O2P. The van der Waals surface area contributed by atoms with Crippen molar-refractivity contribution in [3.63, 3.8) is 0 Å². The van der Waals surface area contributed by atoms with E-state index < -0.39 is 5.16 Å². The fraction of sp³-hybridized carbons (Fsp3) is 0.618. The van der Waals surface area contributed by atoms with Crippen LogP contribution in [0.15, 0.2) is 69.9 Å². The van der Waals surface area contributed by atoms with Crippen LogP contribution >= 0.6 is 9.24 Å². The monoisotopic (exact) mass is 528 g/mol. The van der Waals surface area contributed by atoms with Crippen LogP contribution in [-0.4, -0.2) is 17.7 Å². The van der Waals surface area contributed by atoms with Crippen molar-refractivity contribution < 1.29 is 9.53 Å². The molecule has 210 valence electrons. The zero-order valence-corrected chi connectivity index (χ0v) is 26.8. The van der Waals surface area contributed by atoms with Crippen molar-refractivity contribution in [2.75, 3.05) is 6.61 Å². The van der Waals surface area contributed by atoms with Crippen LogP contribution in [0.5, 0.6) is 0 Å². The van der Waals surface area contributed by atoms with Gasteiger partial charge in [-0.2, -0.15) is 0 Å². The molecule has 0 aliphatic carbocycles. The van der Waals surface area contributed by atoms with Crippen LogP contribution in [0.1, 0.15) is 127 Å². The third-order valence-corrected chi connectivity index (χ3v) is 7.26. The third-order valence-electron chi connectivity index (χ3n) is 6.56. The number of esters is 1. The molecule has 0 amide bonds. The largest absolute Gasteiger partial charge is 0.465 e. The first-order valence-electron chi connectivity index (χ1n) is 14.2. The van der Waals surface area contributed by atoms with Gasteiger partial charge in [0.05, 0.1) is 11.8 Å². The maximum Gasteiger partial charge on any atom is 0.316 e. The van der Waals surface area contributed by atoms with Crippen LogP contribution in [0.25, 0.3) is 0 Å². The lowest BCUT2D eigenvalue weighted by Crippen LogP contribution is -2.33. The van der Waals surface area contributed by atoms with Gasteiger partial charge in [0.15, 0.2) is 0 Å². The highest BCUT2D eigenvalue weighted by Gasteiger charge is 2.33. The Morgan fingerprint density at radius 1 is 0.595 bits per heavy atom. The van der Waals surface area contributed by atoms with Crippen LogP contribution in [-0.2, 0) is 9.53 Å². The number of hydrogen-bond donors (Lipinski definition) is 0. The summed E-state index contributed by atoms with van der Waals surface area (Å²) in [6.45, 7) is 19.7. The van der Waals surface area contributed by atoms with Crippen molar-refractivity contribution in [1.29, 1.82) is 0 Å². The molecule has 37 heavy (non-hydrogen) atoms. The number of hydrogen-bond acceptors (Lipinski definition) is 2. The number of carbonyl (C=O) groups is 1. The molecule has 1 unspecified atom stereocenters. The van der Waals surface area contributed by atoms with E-state index in [4.69, 9.17) is 4.74 Å².